The van der Waals surface area contributed by atoms with Crippen LogP contribution in [0.1, 0.15) is 71.0 Å². The fourth-order valence-electron chi connectivity index (χ4n) is 5.03. The molecule has 1 aromatic heterocycles. The van der Waals surface area contributed by atoms with Crippen molar-refractivity contribution in [3.8, 4) is 0 Å². The molecule has 3 aliphatic rings. The fraction of sp³-hybridized carbons (Fsp3) is 0.739. The van der Waals surface area contributed by atoms with Crippen LogP contribution >= 0.6 is 0 Å². The molecule has 0 radical (unpaired) electrons. The van der Waals surface area contributed by atoms with E-state index in [1.54, 1.807) is 0 Å². The average molecular weight is 421 g/mol. The van der Waals surface area contributed by atoms with E-state index in [9.17, 15) is 13.6 Å². The Kier molecular flexibility index (Phi) is 5.90. The van der Waals surface area contributed by atoms with E-state index in [1.165, 1.54) is 4.68 Å². The van der Waals surface area contributed by atoms with Gasteiger partial charge in [0.15, 0.2) is 0 Å². The summed E-state index contributed by atoms with van der Waals surface area (Å²) in [5, 5.41) is 8.00. The molecule has 30 heavy (non-hydrogen) atoms. The first-order chi connectivity index (χ1) is 14.2. The minimum atomic E-state index is -2.46. The second-order valence-electron chi connectivity index (χ2n) is 10.2. The first-order valence-electron chi connectivity index (χ1n) is 11.3. The third kappa shape index (κ3) is 4.40. The number of amides is 1. The second kappa shape index (κ2) is 8.31. The molecule has 166 valence electrons. The zero-order valence-corrected chi connectivity index (χ0v) is 18.3. The van der Waals surface area contributed by atoms with Gasteiger partial charge in [-0.05, 0) is 43.9 Å². The van der Waals surface area contributed by atoms with Crippen molar-refractivity contribution in [2.45, 2.75) is 83.2 Å². The highest BCUT2D eigenvalue weighted by atomic mass is 19.3. The summed E-state index contributed by atoms with van der Waals surface area (Å²) in [5.74, 6) is 1.43. The number of allylic oxidation sites excluding steroid dienone is 2. The first kappa shape index (κ1) is 21.3. The summed E-state index contributed by atoms with van der Waals surface area (Å²) in [7, 11) is 0. The highest BCUT2D eigenvalue weighted by molar-refractivity contribution is 5.76. The number of nitrogens with one attached hydrogen (secondary N) is 1. The van der Waals surface area contributed by atoms with Crippen molar-refractivity contribution in [2.75, 3.05) is 18.4 Å². The van der Waals surface area contributed by atoms with Gasteiger partial charge in [-0.25, -0.2) is 13.5 Å². The van der Waals surface area contributed by atoms with Crippen molar-refractivity contribution in [3.05, 3.63) is 23.9 Å². The summed E-state index contributed by atoms with van der Waals surface area (Å²) in [6.07, 6.45) is 6.77. The monoisotopic (exact) mass is 420 g/mol. The number of hydrogen-bond acceptors (Lipinski definition) is 3. The van der Waals surface area contributed by atoms with E-state index in [0.29, 0.717) is 31.1 Å². The number of fused-ring (bicyclic) bond motifs is 1. The third-order valence-electron chi connectivity index (χ3n) is 6.87. The highest BCUT2D eigenvalue weighted by Crippen LogP contribution is 2.38. The number of nitrogens with zero attached hydrogens (tertiary/aromatic N) is 3. The Balaban J connectivity index is 1.47. The van der Waals surface area contributed by atoms with E-state index < -0.39 is 12.5 Å². The van der Waals surface area contributed by atoms with Crippen LogP contribution in [0.4, 0.5) is 14.6 Å². The Morgan fingerprint density at radius 3 is 2.80 bits per heavy atom. The molecule has 0 spiro atoms. The average Bonchev–Trinajstić information content (AvgIpc) is 3.36. The predicted octanol–water partition coefficient (Wildman–Crippen LogP) is 4.77. The maximum atomic E-state index is 13.9. The first-order valence-corrected chi connectivity index (χ1v) is 11.3. The van der Waals surface area contributed by atoms with E-state index in [2.05, 4.69) is 22.6 Å². The predicted molar refractivity (Wildman–Crippen MR) is 114 cm³/mol. The lowest BCUT2D eigenvalue weighted by molar-refractivity contribution is -0.133. The second-order valence-corrected chi connectivity index (χ2v) is 10.2. The summed E-state index contributed by atoms with van der Waals surface area (Å²) in [6, 6.07) is 0.930. The highest BCUT2D eigenvalue weighted by Gasteiger charge is 2.39. The Labute approximate surface area is 177 Å². The lowest BCUT2D eigenvalue weighted by Crippen LogP contribution is -2.48. The normalized spacial score (nSPS) is 29.2. The van der Waals surface area contributed by atoms with Crippen LogP contribution in [0.2, 0.25) is 0 Å². The quantitative estimate of drug-likeness (QED) is 0.714. The van der Waals surface area contributed by atoms with Crippen LogP contribution in [0.15, 0.2) is 18.2 Å². The van der Waals surface area contributed by atoms with Crippen LogP contribution in [-0.4, -0.2) is 46.1 Å². The minimum Gasteiger partial charge on any atom is -0.367 e. The molecule has 5 nitrogen and oxygen atoms in total. The number of piperidine rings is 1. The molecular weight excluding hydrogens is 386 g/mol. The minimum absolute atomic E-state index is 0.0667. The molecular formula is C23H34F2N4O. The van der Waals surface area contributed by atoms with Gasteiger partial charge in [0.2, 0.25) is 5.91 Å². The Morgan fingerprint density at radius 2 is 2.13 bits per heavy atom. The van der Waals surface area contributed by atoms with Gasteiger partial charge in [0.1, 0.15) is 11.9 Å². The molecule has 0 aromatic carbocycles. The molecule has 4 rings (SSSR count). The zero-order chi connectivity index (χ0) is 21.5. The topological polar surface area (TPSA) is 50.2 Å². The van der Waals surface area contributed by atoms with Crippen molar-refractivity contribution >= 4 is 11.7 Å². The van der Waals surface area contributed by atoms with Crippen LogP contribution in [0.5, 0.6) is 0 Å². The number of carbonyl (C=O) groups excluding carboxylic acids is 1. The summed E-state index contributed by atoms with van der Waals surface area (Å²) in [5.41, 5.74) is 0.623. The Bertz CT molecular complexity index is 798. The summed E-state index contributed by atoms with van der Waals surface area (Å²) < 4.78 is 29.3. The zero-order valence-electron chi connectivity index (χ0n) is 18.3. The fourth-order valence-corrected chi connectivity index (χ4v) is 5.03. The molecule has 1 aliphatic carbocycles. The van der Waals surface area contributed by atoms with Crippen molar-refractivity contribution in [3.63, 3.8) is 0 Å². The van der Waals surface area contributed by atoms with Crippen LogP contribution in [0.25, 0.3) is 0 Å². The van der Waals surface area contributed by atoms with Gasteiger partial charge in [0.05, 0.1) is 5.69 Å². The van der Waals surface area contributed by atoms with Gasteiger partial charge >= 0.3 is 0 Å². The lowest BCUT2D eigenvalue weighted by Gasteiger charge is -2.41. The summed E-state index contributed by atoms with van der Waals surface area (Å²) in [4.78, 5) is 14.8. The SMILES string of the molecule is CC(C)(C)c1cc2n(n1)[C@@H](C(F)F)C[C@@H]([C@H]1CCCN(C(=O)C[C@@H]3C=CCC3)C1)N2. The molecule has 0 unspecified atom stereocenters. The molecule has 0 bridgehead atoms. The molecule has 4 atom stereocenters. The number of halogens is 2. The van der Waals surface area contributed by atoms with Gasteiger partial charge in [-0.15, -0.1) is 0 Å². The summed E-state index contributed by atoms with van der Waals surface area (Å²) >= 11 is 0. The molecule has 1 N–H and O–H groups in total. The number of alkyl halides is 2. The maximum absolute atomic E-state index is 13.9. The van der Waals surface area contributed by atoms with E-state index in [4.69, 9.17) is 0 Å². The number of likely N-dealkylation sites (tertiary alicyclic amines) is 1. The third-order valence-corrected chi connectivity index (χ3v) is 6.87. The van der Waals surface area contributed by atoms with Crippen molar-refractivity contribution < 1.29 is 13.6 Å². The van der Waals surface area contributed by atoms with Crippen molar-refractivity contribution in [1.82, 2.24) is 14.7 Å². The molecule has 2 aliphatic heterocycles. The van der Waals surface area contributed by atoms with Crippen LogP contribution < -0.4 is 5.32 Å². The van der Waals surface area contributed by atoms with Crippen molar-refractivity contribution in [2.24, 2.45) is 11.8 Å². The molecule has 1 saturated heterocycles. The molecule has 1 aromatic rings. The van der Waals surface area contributed by atoms with Crippen LogP contribution in [0, 0.1) is 11.8 Å². The Morgan fingerprint density at radius 1 is 1.33 bits per heavy atom. The van der Waals surface area contributed by atoms with Crippen LogP contribution in [0.3, 0.4) is 0 Å². The largest absolute Gasteiger partial charge is 0.367 e. The molecule has 1 fully saturated rings. The van der Waals surface area contributed by atoms with E-state index in [-0.39, 0.29) is 23.3 Å². The van der Waals surface area contributed by atoms with E-state index in [0.717, 1.165) is 37.9 Å². The van der Waals surface area contributed by atoms with Crippen molar-refractivity contribution in [1.29, 1.82) is 0 Å². The standard InChI is InChI=1S/C23H34F2N4O/c1-23(2,3)19-13-20-26-17(12-18(22(24)25)29(20)27-19)16-9-6-10-28(14-16)21(30)11-15-7-4-5-8-15/h4,7,13,15-18,22,26H,5-6,8-12,14H2,1-3H3/t15-,16+,17+,18-/m1/s1. The Hall–Kier alpha value is -1.92. The number of carbonyl (C=O) groups is 1. The lowest BCUT2D eigenvalue weighted by atomic mass is 9.85. The summed E-state index contributed by atoms with van der Waals surface area (Å²) in [6.45, 7) is 7.56. The van der Waals surface area contributed by atoms with Gasteiger partial charge in [0.25, 0.3) is 6.43 Å². The number of anilines is 1. The number of hydrogen-bond donors (Lipinski definition) is 1. The van der Waals surface area contributed by atoms with Gasteiger partial charge in [0, 0.05) is 37.0 Å². The molecule has 3 heterocycles. The molecule has 7 heteroatoms. The smallest absolute Gasteiger partial charge is 0.260 e. The van der Waals surface area contributed by atoms with E-state index in [1.807, 2.05) is 31.7 Å². The van der Waals surface area contributed by atoms with Crippen LogP contribution in [-0.2, 0) is 10.2 Å². The molecule has 1 amide bonds. The number of aromatic nitrogens is 2. The van der Waals surface area contributed by atoms with Gasteiger partial charge in [-0.2, -0.15) is 5.10 Å². The van der Waals surface area contributed by atoms with Gasteiger partial charge < -0.3 is 10.2 Å². The maximum Gasteiger partial charge on any atom is 0.260 e. The number of rotatable bonds is 4. The van der Waals surface area contributed by atoms with Gasteiger partial charge in [-0.3, -0.25) is 4.79 Å². The van der Waals surface area contributed by atoms with Gasteiger partial charge in [-0.1, -0.05) is 32.9 Å². The molecule has 0 saturated carbocycles. The van der Waals surface area contributed by atoms with E-state index >= 15 is 0 Å².